The van der Waals surface area contributed by atoms with Gasteiger partial charge in [0.1, 0.15) is 0 Å². The van der Waals surface area contributed by atoms with E-state index in [0.717, 1.165) is 19.4 Å². The monoisotopic (exact) mass is 227 g/mol. The molecule has 1 unspecified atom stereocenters. The van der Waals surface area contributed by atoms with Crippen LogP contribution in [0.15, 0.2) is 0 Å². The maximum Gasteiger partial charge on any atom is 0.305 e. The number of carboxylic acid groups (broad SMARTS) is 1. The topological polar surface area (TPSA) is 57.6 Å². The summed E-state index contributed by atoms with van der Waals surface area (Å²) in [6, 6.07) is 0. The molecule has 92 valence electrons. The van der Waals surface area contributed by atoms with Crippen LogP contribution in [0.1, 0.15) is 39.5 Å². The lowest BCUT2D eigenvalue weighted by atomic mass is 9.89. The van der Waals surface area contributed by atoms with E-state index in [0.29, 0.717) is 24.8 Å². The predicted octanol–water partition coefficient (Wildman–Crippen LogP) is 1.75. The zero-order valence-corrected chi connectivity index (χ0v) is 10.1. The summed E-state index contributed by atoms with van der Waals surface area (Å²) in [4.78, 5) is 23.9. The molecule has 1 amide bonds. The molecule has 0 aromatic rings. The molecule has 16 heavy (non-hydrogen) atoms. The first-order valence-corrected chi connectivity index (χ1v) is 6.00. The van der Waals surface area contributed by atoms with Crippen LogP contribution in [0.3, 0.4) is 0 Å². The van der Waals surface area contributed by atoms with Gasteiger partial charge in [0.25, 0.3) is 0 Å². The normalized spacial score (nSPS) is 22.3. The molecule has 1 rings (SSSR count). The minimum absolute atomic E-state index is 0.0537. The average molecular weight is 227 g/mol. The fourth-order valence-corrected chi connectivity index (χ4v) is 2.19. The van der Waals surface area contributed by atoms with Gasteiger partial charge in [-0.1, -0.05) is 13.8 Å². The molecule has 0 saturated carbocycles. The smallest absolute Gasteiger partial charge is 0.305 e. The Balaban J connectivity index is 2.47. The summed E-state index contributed by atoms with van der Waals surface area (Å²) in [5.41, 5.74) is 0. The largest absolute Gasteiger partial charge is 0.481 e. The lowest BCUT2D eigenvalue weighted by Crippen LogP contribution is -2.32. The minimum Gasteiger partial charge on any atom is -0.481 e. The highest BCUT2D eigenvalue weighted by atomic mass is 16.4. The van der Waals surface area contributed by atoms with Crippen LogP contribution in [-0.2, 0) is 9.59 Å². The quantitative estimate of drug-likeness (QED) is 0.796. The molecule has 4 nitrogen and oxygen atoms in total. The molecule has 1 N–H and O–H groups in total. The van der Waals surface area contributed by atoms with Gasteiger partial charge in [-0.05, 0) is 24.7 Å². The first-order valence-electron chi connectivity index (χ1n) is 6.00. The molecule has 0 radical (unpaired) electrons. The second-order valence-corrected chi connectivity index (χ2v) is 4.86. The van der Waals surface area contributed by atoms with Crippen LogP contribution in [0.5, 0.6) is 0 Å². The van der Waals surface area contributed by atoms with Crippen molar-refractivity contribution in [3.05, 3.63) is 0 Å². The molecule has 1 fully saturated rings. The van der Waals surface area contributed by atoms with Gasteiger partial charge in [-0.25, -0.2) is 0 Å². The summed E-state index contributed by atoms with van der Waals surface area (Å²) in [6.45, 7) is 5.44. The first kappa shape index (κ1) is 13.0. The van der Waals surface area contributed by atoms with Crippen LogP contribution in [0, 0.1) is 11.8 Å². The summed E-state index contributed by atoms with van der Waals surface area (Å²) >= 11 is 0. The van der Waals surface area contributed by atoms with Gasteiger partial charge in [0, 0.05) is 19.5 Å². The third kappa shape index (κ3) is 3.83. The Hall–Kier alpha value is -1.06. The lowest BCUT2D eigenvalue weighted by molar-refractivity contribution is -0.138. The maximum atomic E-state index is 11.7. The van der Waals surface area contributed by atoms with E-state index < -0.39 is 5.97 Å². The number of carboxylic acids is 1. The first-order chi connectivity index (χ1) is 7.50. The van der Waals surface area contributed by atoms with E-state index in [1.54, 1.807) is 4.90 Å². The van der Waals surface area contributed by atoms with E-state index in [1.807, 2.05) is 0 Å². The molecule has 0 aromatic heterocycles. The van der Waals surface area contributed by atoms with Gasteiger partial charge in [-0.2, -0.15) is 0 Å². The average Bonchev–Trinajstić information content (AvgIpc) is 2.37. The van der Waals surface area contributed by atoms with Crippen molar-refractivity contribution < 1.29 is 14.7 Å². The molecule has 4 heteroatoms. The van der Waals surface area contributed by atoms with Gasteiger partial charge in [-0.15, -0.1) is 0 Å². The van der Waals surface area contributed by atoms with Crippen LogP contribution in [0.2, 0.25) is 0 Å². The van der Waals surface area contributed by atoms with Crippen LogP contribution >= 0.6 is 0 Å². The predicted molar refractivity (Wildman–Crippen MR) is 61.0 cm³/mol. The second-order valence-electron chi connectivity index (χ2n) is 4.86. The van der Waals surface area contributed by atoms with Gasteiger partial charge < -0.3 is 10.0 Å². The van der Waals surface area contributed by atoms with Crippen molar-refractivity contribution in [2.75, 3.05) is 13.1 Å². The van der Waals surface area contributed by atoms with Crippen molar-refractivity contribution in [2.45, 2.75) is 39.5 Å². The Morgan fingerprint density at radius 1 is 1.50 bits per heavy atom. The van der Waals surface area contributed by atoms with Crippen molar-refractivity contribution in [3.63, 3.8) is 0 Å². The highest BCUT2D eigenvalue weighted by Gasteiger charge is 2.24. The zero-order chi connectivity index (χ0) is 12.1. The highest BCUT2D eigenvalue weighted by molar-refractivity contribution is 5.77. The molecule has 1 atom stereocenters. The Morgan fingerprint density at radius 2 is 2.19 bits per heavy atom. The van der Waals surface area contributed by atoms with Gasteiger partial charge in [0.05, 0.1) is 6.42 Å². The van der Waals surface area contributed by atoms with Crippen molar-refractivity contribution in [1.29, 1.82) is 0 Å². The van der Waals surface area contributed by atoms with E-state index in [2.05, 4.69) is 13.8 Å². The van der Waals surface area contributed by atoms with E-state index in [4.69, 9.17) is 5.11 Å². The van der Waals surface area contributed by atoms with Gasteiger partial charge in [-0.3, -0.25) is 9.59 Å². The van der Waals surface area contributed by atoms with Gasteiger partial charge in [0.2, 0.25) is 5.91 Å². The number of hydrogen-bond donors (Lipinski definition) is 1. The molecule has 1 aliphatic rings. The molecular weight excluding hydrogens is 206 g/mol. The summed E-state index contributed by atoms with van der Waals surface area (Å²) in [6.07, 6.45) is 2.57. The fourth-order valence-electron chi connectivity index (χ4n) is 2.19. The maximum absolute atomic E-state index is 11.7. The molecule has 0 bridgehead atoms. The molecular formula is C12H21NO3. The SMILES string of the molecule is CC(C)C1CCC(=O)N(CCC(=O)O)CC1. The number of amides is 1. The van der Waals surface area contributed by atoms with Crippen molar-refractivity contribution in [1.82, 2.24) is 4.90 Å². The van der Waals surface area contributed by atoms with Crippen LogP contribution in [0.4, 0.5) is 0 Å². The molecule has 1 aliphatic heterocycles. The summed E-state index contributed by atoms with van der Waals surface area (Å²) in [5.74, 6) is 0.479. The number of aliphatic carboxylic acids is 1. The Morgan fingerprint density at radius 3 is 2.75 bits per heavy atom. The number of rotatable bonds is 4. The second kappa shape index (κ2) is 5.87. The zero-order valence-electron chi connectivity index (χ0n) is 10.1. The number of hydrogen-bond acceptors (Lipinski definition) is 2. The Kier molecular flexibility index (Phi) is 4.77. The summed E-state index contributed by atoms with van der Waals surface area (Å²) < 4.78 is 0. The number of likely N-dealkylation sites (tertiary alicyclic amines) is 1. The third-order valence-corrected chi connectivity index (χ3v) is 3.39. The Bertz CT molecular complexity index is 263. The van der Waals surface area contributed by atoms with Gasteiger partial charge >= 0.3 is 5.97 Å². The number of carbonyl (C=O) groups is 2. The molecule has 0 spiro atoms. The van der Waals surface area contributed by atoms with Crippen LogP contribution < -0.4 is 0 Å². The molecule has 1 heterocycles. The highest BCUT2D eigenvalue weighted by Crippen LogP contribution is 2.25. The van der Waals surface area contributed by atoms with E-state index in [1.165, 1.54) is 0 Å². The lowest BCUT2D eigenvalue weighted by Gasteiger charge is -2.20. The molecule has 0 aliphatic carbocycles. The van der Waals surface area contributed by atoms with E-state index in [-0.39, 0.29) is 12.3 Å². The summed E-state index contributed by atoms with van der Waals surface area (Å²) in [7, 11) is 0. The van der Waals surface area contributed by atoms with Crippen molar-refractivity contribution in [3.8, 4) is 0 Å². The minimum atomic E-state index is -0.836. The van der Waals surface area contributed by atoms with Crippen molar-refractivity contribution in [2.24, 2.45) is 11.8 Å². The van der Waals surface area contributed by atoms with Crippen molar-refractivity contribution >= 4 is 11.9 Å². The molecule has 1 saturated heterocycles. The Labute approximate surface area is 96.6 Å². The number of nitrogens with zero attached hydrogens (tertiary/aromatic N) is 1. The molecule has 0 aromatic carbocycles. The third-order valence-electron chi connectivity index (χ3n) is 3.39. The van der Waals surface area contributed by atoms with Gasteiger partial charge in [0.15, 0.2) is 0 Å². The summed E-state index contributed by atoms with van der Waals surface area (Å²) in [5, 5.41) is 8.60. The van der Waals surface area contributed by atoms with Crippen LogP contribution in [-0.4, -0.2) is 35.0 Å². The fraction of sp³-hybridized carbons (Fsp3) is 0.833. The van der Waals surface area contributed by atoms with E-state index >= 15 is 0 Å². The van der Waals surface area contributed by atoms with E-state index in [9.17, 15) is 9.59 Å². The standard InChI is InChI=1S/C12H21NO3/c1-9(2)10-3-4-11(14)13(7-5-10)8-6-12(15)16/h9-10H,3-8H2,1-2H3,(H,15,16). The number of carbonyl (C=O) groups excluding carboxylic acids is 1. The van der Waals surface area contributed by atoms with Crippen LogP contribution in [0.25, 0.3) is 0 Å².